The predicted octanol–water partition coefficient (Wildman–Crippen LogP) is 4.23. The van der Waals surface area contributed by atoms with Crippen molar-refractivity contribution in [1.82, 2.24) is 0 Å². The maximum Gasteiger partial charge on any atom is 0.317 e. The van der Waals surface area contributed by atoms with Crippen LogP contribution in [0.1, 0.15) is 45.4 Å². The van der Waals surface area contributed by atoms with E-state index in [0.29, 0.717) is 14.8 Å². The zero-order valence-corrected chi connectivity index (χ0v) is 12.4. The van der Waals surface area contributed by atoms with E-state index in [1.54, 1.807) is 7.11 Å². The Morgan fingerprint density at radius 1 is 1.11 bits per heavy atom. The Hall–Kier alpha value is -0.963. The number of hydrogen-bond donors (Lipinski definition) is 0. The average molecular weight is 262 g/mol. The van der Waals surface area contributed by atoms with Crippen LogP contribution in [0.25, 0.3) is 0 Å². The van der Waals surface area contributed by atoms with Gasteiger partial charge in [0, 0.05) is 5.04 Å². The van der Waals surface area contributed by atoms with Crippen molar-refractivity contribution in [2.24, 2.45) is 0 Å². The van der Waals surface area contributed by atoms with E-state index in [0.717, 1.165) is 11.5 Å². The van der Waals surface area contributed by atoms with Gasteiger partial charge in [-0.3, -0.25) is 0 Å². The molecule has 0 aliphatic heterocycles. The minimum Gasteiger partial charge on any atom is -0.538 e. The number of para-hydroxylation sites is 2. The third-order valence-electron chi connectivity index (χ3n) is 3.93. The molecule has 3 heteroatoms. The summed E-state index contributed by atoms with van der Waals surface area (Å²) in [5, 5.41) is 0.416. The van der Waals surface area contributed by atoms with E-state index in [-0.39, 0.29) is 0 Å². The van der Waals surface area contributed by atoms with Gasteiger partial charge < -0.3 is 9.16 Å². The van der Waals surface area contributed by atoms with Gasteiger partial charge in [-0.2, -0.15) is 0 Å². The zero-order valence-electron chi connectivity index (χ0n) is 11.4. The first-order chi connectivity index (χ1) is 8.79. The van der Waals surface area contributed by atoms with Gasteiger partial charge in [0.05, 0.1) is 7.11 Å². The molecule has 1 aromatic carbocycles. The first-order valence-electron chi connectivity index (χ1n) is 6.87. The lowest BCUT2D eigenvalue weighted by Crippen LogP contribution is -2.27. The van der Waals surface area contributed by atoms with E-state index in [1.165, 1.54) is 38.5 Å². The zero-order chi connectivity index (χ0) is 12.8. The van der Waals surface area contributed by atoms with E-state index >= 15 is 0 Å². The molecule has 1 fully saturated rings. The largest absolute Gasteiger partial charge is 0.538 e. The Morgan fingerprint density at radius 2 is 1.78 bits per heavy atom. The van der Waals surface area contributed by atoms with Crippen molar-refractivity contribution in [2.75, 3.05) is 7.11 Å². The maximum atomic E-state index is 6.06. The summed E-state index contributed by atoms with van der Waals surface area (Å²) in [6.07, 6.45) is 7.96. The highest BCUT2D eigenvalue weighted by atomic mass is 28.2. The summed E-state index contributed by atoms with van der Waals surface area (Å²) in [4.78, 5) is 0. The van der Waals surface area contributed by atoms with Gasteiger partial charge in [0.15, 0.2) is 5.75 Å². The molecule has 18 heavy (non-hydrogen) atoms. The molecule has 2 radical (unpaired) electrons. The summed E-state index contributed by atoms with van der Waals surface area (Å²) in [6, 6.07) is 7.93. The normalized spacial score (nSPS) is 18.3. The van der Waals surface area contributed by atoms with Crippen LogP contribution in [0, 0.1) is 0 Å². The fourth-order valence-corrected chi connectivity index (χ4v) is 3.82. The topological polar surface area (TPSA) is 18.5 Å². The maximum absolute atomic E-state index is 6.06. The molecule has 0 unspecified atom stereocenters. The highest BCUT2D eigenvalue weighted by Crippen LogP contribution is 2.45. The third kappa shape index (κ3) is 3.08. The van der Waals surface area contributed by atoms with Crippen LogP contribution in [0.2, 0.25) is 5.04 Å². The lowest BCUT2D eigenvalue weighted by atomic mass is 9.86. The minimum absolute atomic E-state index is 0.416. The van der Waals surface area contributed by atoms with Gasteiger partial charge in [0.1, 0.15) is 5.75 Å². The van der Waals surface area contributed by atoms with Crippen molar-refractivity contribution >= 4 is 9.76 Å². The van der Waals surface area contributed by atoms with Crippen molar-refractivity contribution in [3.8, 4) is 11.5 Å². The Kier molecular flexibility index (Phi) is 4.70. The highest BCUT2D eigenvalue weighted by molar-refractivity contribution is 6.33. The van der Waals surface area contributed by atoms with Crippen LogP contribution in [0.5, 0.6) is 11.5 Å². The number of ether oxygens (including phenoxy) is 1. The molecule has 2 rings (SSSR count). The Bertz CT molecular complexity index is 373. The van der Waals surface area contributed by atoms with Crippen LogP contribution in [-0.2, 0) is 0 Å². The Labute approximate surface area is 113 Å². The van der Waals surface area contributed by atoms with E-state index in [1.807, 2.05) is 24.3 Å². The van der Waals surface area contributed by atoms with Crippen LogP contribution >= 0.6 is 0 Å². The molecule has 0 heterocycles. The van der Waals surface area contributed by atoms with Crippen molar-refractivity contribution < 1.29 is 9.16 Å². The molecule has 1 saturated carbocycles. The van der Waals surface area contributed by atoms with Crippen LogP contribution in [0.3, 0.4) is 0 Å². The third-order valence-corrected chi connectivity index (χ3v) is 5.54. The summed E-state index contributed by atoms with van der Waals surface area (Å²) >= 11 is 0. The average Bonchev–Trinajstić information content (AvgIpc) is 2.46. The molecule has 2 nitrogen and oxygen atoms in total. The first-order valence-corrected chi connectivity index (χ1v) is 7.77. The summed E-state index contributed by atoms with van der Waals surface area (Å²) in [7, 11) is 2.24. The molecule has 0 spiro atoms. The lowest BCUT2D eigenvalue weighted by Gasteiger charge is -2.34. The highest BCUT2D eigenvalue weighted by Gasteiger charge is 2.33. The first kappa shape index (κ1) is 13.5. The molecule has 0 atom stereocenters. The predicted molar refractivity (Wildman–Crippen MR) is 75.4 cm³/mol. The van der Waals surface area contributed by atoms with Crippen LogP contribution in [0.4, 0.5) is 0 Å². The van der Waals surface area contributed by atoms with Gasteiger partial charge in [-0.1, -0.05) is 38.3 Å². The number of methoxy groups -OCH3 is 1. The minimum atomic E-state index is 0.416. The quantitative estimate of drug-likeness (QED) is 0.739. The Balaban J connectivity index is 2.01. The van der Waals surface area contributed by atoms with E-state index in [4.69, 9.17) is 9.16 Å². The molecule has 0 N–H and O–H groups in total. The standard InChI is InChI=1S/C15H22O2Si/c1-3-15(11-7-4-8-12-15)18-17-14-10-6-5-9-13(14)16-2/h5-6,9-10H,3-4,7-8,11-12H2,1-2H3. The fraction of sp³-hybridized carbons (Fsp3) is 0.600. The van der Waals surface area contributed by atoms with Crippen molar-refractivity contribution in [3.05, 3.63) is 24.3 Å². The van der Waals surface area contributed by atoms with Crippen molar-refractivity contribution in [1.29, 1.82) is 0 Å². The molecule has 1 aliphatic rings. The second-order valence-electron chi connectivity index (χ2n) is 5.05. The molecule has 0 amide bonds. The van der Waals surface area contributed by atoms with Gasteiger partial charge in [-0.05, 0) is 31.4 Å². The molecule has 0 bridgehead atoms. The molecule has 0 aromatic heterocycles. The molecule has 0 saturated heterocycles. The monoisotopic (exact) mass is 262 g/mol. The number of rotatable bonds is 5. The lowest BCUT2D eigenvalue weighted by molar-refractivity contribution is 0.336. The summed E-state index contributed by atoms with van der Waals surface area (Å²) in [6.45, 7) is 2.30. The van der Waals surface area contributed by atoms with Gasteiger partial charge in [-0.15, -0.1) is 0 Å². The smallest absolute Gasteiger partial charge is 0.317 e. The van der Waals surface area contributed by atoms with E-state index in [9.17, 15) is 0 Å². The summed E-state index contributed by atoms with van der Waals surface area (Å²) < 4.78 is 11.4. The second kappa shape index (κ2) is 6.28. The van der Waals surface area contributed by atoms with Crippen LogP contribution < -0.4 is 9.16 Å². The second-order valence-corrected chi connectivity index (χ2v) is 6.52. The van der Waals surface area contributed by atoms with Gasteiger partial charge >= 0.3 is 9.76 Å². The molecule has 98 valence electrons. The van der Waals surface area contributed by atoms with Gasteiger partial charge in [0.25, 0.3) is 0 Å². The van der Waals surface area contributed by atoms with Crippen LogP contribution in [0.15, 0.2) is 24.3 Å². The van der Waals surface area contributed by atoms with E-state index in [2.05, 4.69) is 6.92 Å². The van der Waals surface area contributed by atoms with Crippen LogP contribution in [-0.4, -0.2) is 16.9 Å². The molecular formula is C15H22O2Si. The Morgan fingerprint density at radius 3 is 2.39 bits per heavy atom. The van der Waals surface area contributed by atoms with Crippen molar-refractivity contribution in [2.45, 2.75) is 50.5 Å². The van der Waals surface area contributed by atoms with Gasteiger partial charge in [-0.25, -0.2) is 0 Å². The molecule has 1 aliphatic carbocycles. The summed E-state index contributed by atoms with van der Waals surface area (Å²) in [5.41, 5.74) is 0. The van der Waals surface area contributed by atoms with Gasteiger partial charge in [0.2, 0.25) is 0 Å². The van der Waals surface area contributed by atoms with Crippen molar-refractivity contribution in [3.63, 3.8) is 0 Å². The fourth-order valence-electron chi connectivity index (χ4n) is 2.62. The molecular weight excluding hydrogens is 240 g/mol. The number of hydrogen-bond acceptors (Lipinski definition) is 2. The number of benzene rings is 1. The van der Waals surface area contributed by atoms with E-state index < -0.39 is 0 Å². The summed E-state index contributed by atoms with van der Waals surface area (Å²) in [5.74, 6) is 1.73. The SMILES string of the molecule is CCC1([Si]Oc2ccccc2OC)CCCCC1. The molecule has 1 aromatic rings.